The Morgan fingerprint density at radius 1 is 1.38 bits per heavy atom. The third-order valence-electron chi connectivity index (χ3n) is 2.17. The maximum atomic E-state index is 9.40. The van der Waals surface area contributed by atoms with Crippen LogP contribution in [0.25, 0.3) is 0 Å². The molecule has 0 radical (unpaired) electrons. The van der Waals surface area contributed by atoms with E-state index in [4.69, 9.17) is 20.3 Å². The van der Waals surface area contributed by atoms with Crippen molar-refractivity contribution in [2.75, 3.05) is 13.7 Å². The number of hydrogen-bond donors (Lipinski definition) is 4. The molecule has 0 aliphatic carbocycles. The molecule has 13 heavy (non-hydrogen) atoms. The molecule has 0 bridgehead atoms. The standard InChI is InChI=1S/C7H15NO5/c1-12-7-6(11)4(8)5(10)3(2-9)13-7/h3-7,9-11H,2,8H2,1H3/t3-,4-,5-,6-,7+/m1/s1. The molecule has 0 aromatic carbocycles. The topological polar surface area (TPSA) is 105 Å². The van der Waals surface area contributed by atoms with Crippen molar-refractivity contribution in [2.24, 2.45) is 5.73 Å². The first-order chi connectivity index (χ1) is 6.11. The largest absolute Gasteiger partial charge is 0.394 e. The van der Waals surface area contributed by atoms with E-state index in [0.29, 0.717) is 0 Å². The molecular formula is C7H15NO5. The molecule has 0 unspecified atom stereocenters. The summed E-state index contributed by atoms with van der Waals surface area (Å²) in [7, 11) is 1.35. The molecule has 0 saturated carbocycles. The summed E-state index contributed by atoms with van der Waals surface area (Å²) >= 11 is 0. The Kier molecular flexibility index (Phi) is 3.60. The Hall–Kier alpha value is -0.240. The van der Waals surface area contributed by atoms with Crippen LogP contribution >= 0.6 is 0 Å². The maximum Gasteiger partial charge on any atom is 0.185 e. The van der Waals surface area contributed by atoms with Crippen LogP contribution in [-0.4, -0.2) is 59.7 Å². The lowest BCUT2D eigenvalue weighted by Gasteiger charge is -2.39. The Bertz CT molecular complexity index is 147. The van der Waals surface area contributed by atoms with Gasteiger partial charge in [-0.1, -0.05) is 0 Å². The highest BCUT2D eigenvalue weighted by molar-refractivity contribution is 4.91. The van der Waals surface area contributed by atoms with Crippen LogP contribution < -0.4 is 5.73 Å². The first kappa shape index (κ1) is 10.8. The molecule has 78 valence electrons. The Balaban J connectivity index is 2.66. The molecule has 0 aromatic heterocycles. The lowest BCUT2D eigenvalue weighted by molar-refractivity contribution is -0.267. The van der Waals surface area contributed by atoms with Gasteiger partial charge in [0, 0.05) is 7.11 Å². The second-order valence-electron chi connectivity index (χ2n) is 3.02. The van der Waals surface area contributed by atoms with Crippen LogP contribution in [0, 0.1) is 0 Å². The van der Waals surface area contributed by atoms with E-state index in [2.05, 4.69) is 0 Å². The van der Waals surface area contributed by atoms with Gasteiger partial charge in [-0.25, -0.2) is 0 Å². The number of rotatable bonds is 2. The predicted molar refractivity (Wildman–Crippen MR) is 42.7 cm³/mol. The monoisotopic (exact) mass is 193 g/mol. The SMILES string of the molecule is CO[C@H]1O[C@H](CO)[C@@H](O)[C@@H](N)[C@H]1O. The molecule has 0 amide bonds. The van der Waals surface area contributed by atoms with Crippen LogP contribution in [0.2, 0.25) is 0 Å². The minimum absolute atomic E-state index is 0.360. The lowest BCUT2D eigenvalue weighted by Crippen LogP contribution is -2.62. The van der Waals surface area contributed by atoms with Crippen LogP contribution in [0.1, 0.15) is 0 Å². The van der Waals surface area contributed by atoms with Crippen molar-refractivity contribution >= 4 is 0 Å². The molecule has 6 nitrogen and oxygen atoms in total. The second kappa shape index (κ2) is 4.32. The van der Waals surface area contributed by atoms with E-state index >= 15 is 0 Å². The zero-order valence-corrected chi connectivity index (χ0v) is 7.33. The molecular weight excluding hydrogens is 178 g/mol. The van der Waals surface area contributed by atoms with E-state index in [1.54, 1.807) is 0 Å². The van der Waals surface area contributed by atoms with Crippen LogP contribution in [-0.2, 0) is 9.47 Å². The zero-order chi connectivity index (χ0) is 10.0. The van der Waals surface area contributed by atoms with Crippen molar-refractivity contribution in [1.82, 2.24) is 0 Å². The van der Waals surface area contributed by atoms with Gasteiger partial charge in [-0.15, -0.1) is 0 Å². The summed E-state index contributed by atoms with van der Waals surface area (Å²) in [5.74, 6) is 0. The summed E-state index contributed by atoms with van der Waals surface area (Å²) < 4.78 is 9.81. The molecule has 0 spiro atoms. The van der Waals surface area contributed by atoms with Gasteiger partial charge < -0.3 is 30.5 Å². The maximum absolute atomic E-state index is 9.40. The van der Waals surface area contributed by atoms with Crippen molar-refractivity contribution in [3.8, 4) is 0 Å². The highest BCUT2D eigenvalue weighted by Gasteiger charge is 2.42. The molecule has 5 atom stereocenters. The first-order valence-electron chi connectivity index (χ1n) is 4.02. The van der Waals surface area contributed by atoms with Gasteiger partial charge in [-0.2, -0.15) is 0 Å². The van der Waals surface area contributed by atoms with E-state index in [0.717, 1.165) is 0 Å². The van der Waals surface area contributed by atoms with Gasteiger partial charge in [0.05, 0.1) is 12.6 Å². The fraction of sp³-hybridized carbons (Fsp3) is 1.00. The number of aliphatic hydroxyl groups is 3. The molecule has 5 N–H and O–H groups in total. The summed E-state index contributed by atoms with van der Waals surface area (Å²) in [6, 6.07) is -0.865. The van der Waals surface area contributed by atoms with Crippen molar-refractivity contribution in [1.29, 1.82) is 0 Å². The molecule has 1 aliphatic heterocycles. The second-order valence-corrected chi connectivity index (χ2v) is 3.02. The summed E-state index contributed by atoms with van der Waals surface area (Å²) in [5, 5.41) is 27.6. The predicted octanol–water partition coefficient (Wildman–Crippen LogP) is -2.60. The van der Waals surface area contributed by atoms with Crippen LogP contribution in [0.4, 0.5) is 0 Å². The van der Waals surface area contributed by atoms with E-state index < -0.39 is 30.6 Å². The molecule has 1 heterocycles. The summed E-state index contributed by atoms with van der Waals surface area (Å²) in [5.41, 5.74) is 5.48. The lowest BCUT2D eigenvalue weighted by atomic mass is 9.97. The van der Waals surface area contributed by atoms with Crippen molar-refractivity contribution < 1.29 is 24.8 Å². The number of nitrogens with two attached hydrogens (primary N) is 1. The van der Waals surface area contributed by atoms with Crippen molar-refractivity contribution in [3.63, 3.8) is 0 Å². The van der Waals surface area contributed by atoms with E-state index in [9.17, 15) is 10.2 Å². The third-order valence-corrected chi connectivity index (χ3v) is 2.17. The average Bonchev–Trinajstić information content (AvgIpc) is 2.15. The van der Waals surface area contributed by atoms with Crippen molar-refractivity contribution in [3.05, 3.63) is 0 Å². The fourth-order valence-corrected chi connectivity index (χ4v) is 1.31. The van der Waals surface area contributed by atoms with E-state index in [-0.39, 0.29) is 6.61 Å². The van der Waals surface area contributed by atoms with E-state index in [1.165, 1.54) is 7.11 Å². The summed E-state index contributed by atoms with van der Waals surface area (Å²) in [4.78, 5) is 0. The Morgan fingerprint density at radius 2 is 2.00 bits per heavy atom. The van der Waals surface area contributed by atoms with Gasteiger partial charge in [-0.05, 0) is 0 Å². The highest BCUT2D eigenvalue weighted by Crippen LogP contribution is 2.19. The third kappa shape index (κ3) is 1.98. The molecule has 1 fully saturated rings. The molecule has 1 rings (SSSR count). The zero-order valence-electron chi connectivity index (χ0n) is 7.33. The number of ether oxygens (including phenoxy) is 2. The molecule has 0 aromatic rings. The smallest absolute Gasteiger partial charge is 0.185 e. The number of hydrogen-bond acceptors (Lipinski definition) is 6. The van der Waals surface area contributed by atoms with Gasteiger partial charge in [0.25, 0.3) is 0 Å². The van der Waals surface area contributed by atoms with E-state index in [1.807, 2.05) is 0 Å². The summed E-state index contributed by atoms with van der Waals surface area (Å²) in [6.45, 7) is -0.360. The number of methoxy groups -OCH3 is 1. The first-order valence-corrected chi connectivity index (χ1v) is 4.02. The molecule has 1 aliphatic rings. The van der Waals surface area contributed by atoms with Crippen LogP contribution in [0.5, 0.6) is 0 Å². The highest BCUT2D eigenvalue weighted by atomic mass is 16.7. The fourth-order valence-electron chi connectivity index (χ4n) is 1.31. The van der Waals surface area contributed by atoms with Gasteiger partial charge in [-0.3, -0.25) is 0 Å². The van der Waals surface area contributed by atoms with Gasteiger partial charge in [0.1, 0.15) is 18.3 Å². The van der Waals surface area contributed by atoms with Crippen LogP contribution in [0.15, 0.2) is 0 Å². The minimum Gasteiger partial charge on any atom is -0.394 e. The quantitative estimate of drug-likeness (QED) is 0.383. The number of aliphatic hydroxyl groups excluding tert-OH is 3. The van der Waals surface area contributed by atoms with Crippen LogP contribution in [0.3, 0.4) is 0 Å². The summed E-state index contributed by atoms with van der Waals surface area (Å²) in [6.07, 6.45) is -3.85. The average molecular weight is 193 g/mol. The normalized spacial score (nSPS) is 46.4. The Morgan fingerprint density at radius 3 is 2.46 bits per heavy atom. The molecule has 6 heteroatoms. The van der Waals surface area contributed by atoms with Crippen molar-refractivity contribution in [2.45, 2.75) is 30.6 Å². The Labute approximate surface area is 75.9 Å². The minimum atomic E-state index is -1.08. The van der Waals surface area contributed by atoms with Gasteiger partial charge in [0.2, 0.25) is 0 Å². The van der Waals surface area contributed by atoms with Gasteiger partial charge in [0.15, 0.2) is 6.29 Å². The molecule has 1 saturated heterocycles. The van der Waals surface area contributed by atoms with Gasteiger partial charge >= 0.3 is 0 Å².